The van der Waals surface area contributed by atoms with Gasteiger partial charge in [-0.1, -0.05) is 88.4 Å². The lowest BCUT2D eigenvalue weighted by atomic mass is 9.62. The minimum atomic E-state index is 0.00985. The minimum absolute atomic E-state index is 0.00985. The smallest absolute Gasteiger partial charge is 0.145 e. The van der Waals surface area contributed by atoms with E-state index in [1.807, 2.05) is 0 Å². The summed E-state index contributed by atoms with van der Waals surface area (Å²) in [6.07, 6.45) is 0. The first-order chi connectivity index (χ1) is 13.7. The molecule has 29 heavy (non-hydrogen) atoms. The van der Waals surface area contributed by atoms with Gasteiger partial charge in [0.15, 0.2) is 0 Å². The lowest BCUT2D eigenvalue weighted by Crippen LogP contribution is -2.26. The van der Waals surface area contributed by atoms with Gasteiger partial charge in [0.05, 0.1) is 16.7 Å². The predicted octanol–water partition coefficient (Wildman–Crippen LogP) is 4.43. The molecule has 0 N–H and O–H groups in total. The van der Waals surface area contributed by atoms with E-state index in [4.69, 9.17) is 4.98 Å². The molecule has 4 heteroatoms. The van der Waals surface area contributed by atoms with Gasteiger partial charge in [-0.15, -0.1) is 0 Å². The van der Waals surface area contributed by atoms with Gasteiger partial charge in [-0.3, -0.25) is 4.57 Å². The first-order valence-electron chi connectivity index (χ1n) is 10.4. The quantitative estimate of drug-likeness (QED) is 0.481. The molecule has 0 fully saturated rings. The van der Waals surface area contributed by atoms with Gasteiger partial charge in [0.1, 0.15) is 21.5 Å². The second-order valence-corrected chi connectivity index (χ2v) is 9.83. The fourth-order valence-corrected chi connectivity index (χ4v) is 4.03. The molecule has 0 aliphatic heterocycles. The van der Waals surface area contributed by atoms with E-state index < -0.39 is 0 Å². The molecule has 0 atom stereocenters. The number of hydrogen-bond donors (Lipinski definition) is 0. The highest BCUT2D eigenvalue weighted by atomic mass is 15.1. The van der Waals surface area contributed by atoms with E-state index >= 15 is 0 Å². The number of rotatable bonds is 4. The number of para-hydroxylation sites is 3. The van der Waals surface area contributed by atoms with Gasteiger partial charge in [0.25, 0.3) is 0 Å². The zero-order valence-electron chi connectivity index (χ0n) is 18.3. The second kappa shape index (κ2) is 6.95. The summed E-state index contributed by atoms with van der Waals surface area (Å²) in [5, 5.41) is 0.0197. The number of nitrogens with zero attached hydrogens (tertiary/aromatic N) is 2. The van der Waals surface area contributed by atoms with Gasteiger partial charge >= 0.3 is 0 Å². The van der Waals surface area contributed by atoms with Crippen LogP contribution in [0.4, 0.5) is 0 Å². The molecular weight excluding hydrogens is 350 g/mol. The van der Waals surface area contributed by atoms with Crippen LogP contribution in [0.5, 0.6) is 0 Å². The second-order valence-electron chi connectivity index (χ2n) is 9.83. The van der Waals surface area contributed by atoms with E-state index in [-0.39, 0.29) is 10.6 Å². The summed E-state index contributed by atoms with van der Waals surface area (Å²) >= 11 is 0. The van der Waals surface area contributed by atoms with Crippen LogP contribution in [0, 0.1) is 0 Å². The van der Waals surface area contributed by atoms with E-state index in [9.17, 15) is 0 Å². The van der Waals surface area contributed by atoms with E-state index in [2.05, 4.69) is 121 Å². The van der Waals surface area contributed by atoms with Crippen molar-refractivity contribution in [3.05, 3.63) is 83.9 Å². The maximum absolute atomic E-state index is 5.07. The van der Waals surface area contributed by atoms with Gasteiger partial charge < -0.3 is 0 Å². The summed E-state index contributed by atoms with van der Waals surface area (Å²) in [5.74, 6) is 0.994. The lowest BCUT2D eigenvalue weighted by Gasteiger charge is -2.31. The Hall–Kier alpha value is -2.74. The Bertz CT molecular complexity index is 1130. The van der Waals surface area contributed by atoms with Crippen molar-refractivity contribution in [2.45, 2.75) is 38.3 Å². The van der Waals surface area contributed by atoms with Crippen molar-refractivity contribution in [3.8, 4) is 17.1 Å². The van der Waals surface area contributed by atoms with E-state index in [1.165, 1.54) is 16.8 Å². The molecule has 0 saturated heterocycles. The Morgan fingerprint density at radius 3 is 1.83 bits per heavy atom. The standard InChI is InChI=1S/C25H28B2N2/c1-24(2,26)18-13-10-14-19(25(3,4)27)22(18)29-21-16-9-8-15-20(21)28-23(29)17-11-6-5-7-12-17/h5-16H,26-27H2,1-4H3. The van der Waals surface area contributed by atoms with E-state index in [0.29, 0.717) is 0 Å². The van der Waals surface area contributed by atoms with Crippen LogP contribution in [-0.2, 0) is 10.6 Å². The molecule has 1 aromatic heterocycles. The maximum Gasteiger partial charge on any atom is 0.145 e. The van der Waals surface area contributed by atoms with Crippen molar-refractivity contribution in [1.82, 2.24) is 9.55 Å². The number of hydrogen-bond acceptors (Lipinski definition) is 1. The Kier molecular flexibility index (Phi) is 4.69. The molecule has 0 saturated carbocycles. The Morgan fingerprint density at radius 1 is 0.690 bits per heavy atom. The minimum Gasteiger partial charge on any atom is -0.292 e. The third kappa shape index (κ3) is 3.53. The normalized spacial score (nSPS) is 12.4. The average molecular weight is 378 g/mol. The SMILES string of the molecule is BC(C)(C)c1cccc(C(B)(C)C)c1-n1c(-c2ccccc2)nc2ccccc21. The number of imidazole rings is 1. The van der Waals surface area contributed by atoms with Crippen molar-refractivity contribution >= 4 is 26.7 Å². The Morgan fingerprint density at radius 2 is 1.24 bits per heavy atom. The van der Waals surface area contributed by atoms with Gasteiger partial charge in [-0.05, 0) is 33.9 Å². The van der Waals surface area contributed by atoms with Crippen LogP contribution in [-0.4, -0.2) is 25.2 Å². The van der Waals surface area contributed by atoms with Crippen LogP contribution in [0.1, 0.15) is 38.8 Å². The summed E-state index contributed by atoms with van der Waals surface area (Å²) in [5.41, 5.74) is 7.24. The van der Waals surface area contributed by atoms with Crippen molar-refractivity contribution < 1.29 is 0 Å². The molecule has 144 valence electrons. The molecule has 1 heterocycles. The highest BCUT2D eigenvalue weighted by Gasteiger charge is 2.28. The third-order valence-corrected chi connectivity index (χ3v) is 5.47. The Labute approximate surface area is 175 Å². The van der Waals surface area contributed by atoms with Crippen LogP contribution in [0.3, 0.4) is 0 Å². The lowest BCUT2D eigenvalue weighted by molar-refractivity contribution is 0.721. The van der Waals surface area contributed by atoms with E-state index in [1.54, 1.807) is 0 Å². The molecule has 0 aliphatic rings. The van der Waals surface area contributed by atoms with Crippen molar-refractivity contribution in [3.63, 3.8) is 0 Å². The fourth-order valence-electron chi connectivity index (χ4n) is 4.03. The highest BCUT2D eigenvalue weighted by Crippen LogP contribution is 2.38. The Balaban J connectivity index is 2.19. The zero-order valence-corrected chi connectivity index (χ0v) is 18.3. The largest absolute Gasteiger partial charge is 0.292 e. The van der Waals surface area contributed by atoms with Gasteiger partial charge in [0.2, 0.25) is 0 Å². The number of fused-ring (bicyclic) bond motifs is 1. The predicted molar refractivity (Wildman–Crippen MR) is 130 cm³/mol. The molecular formula is C25H28B2N2. The molecule has 4 rings (SSSR count). The van der Waals surface area contributed by atoms with Gasteiger partial charge in [0, 0.05) is 5.56 Å². The van der Waals surface area contributed by atoms with Crippen molar-refractivity contribution in [1.29, 1.82) is 0 Å². The molecule has 0 spiro atoms. The van der Waals surface area contributed by atoms with Crippen LogP contribution in [0.2, 0.25) is 0 Å². The first-order valence-corrected chi connectivity index (χ1v) is 10.4. The molecule has 3 aromatic carbocycles. The summed E-state index contributed by atoms with van der Waals surface area (Å²) in [7, 11) is 4.58. The summed E-state index contributed by atoms with van der Waals surface area (Å²) in [6, 6.07) is 25.7. The molecule has 0 amide bonds. The van der Waals surface area contributed by atoms with Crippen LogP contribution in [0.15, 0.2) is 72.8 Å². The molecule has 0 radical (unpaired) electrons. The molecule has 0 aliphatic carbocycles. The zero-order chi connectivity index (χ0) is 20.8. The van der Waals surface area contributed by atoms with Crippen LogP contribution in [0.25, 0.3) is 28.1 Å². The van der Waals surface area contributed by atoms with Crippen LogP contribution >= 0.6 is 0 Å². The van der Waals surface area contributed by atoms with Gasteiger partial charge in [-0.25, -0.2) is 4.98 Å². The van der Waals surface area contributed by atoms with Crippen LogP contribution < -0.4 is 0 Å². The number of benzene rings is 3. The topological polar surface area (TPSA) is 17.8 Å². The first kappa shape index (κ1) is 19.6. The third-order valence-electron chi connectivity index (χ3n) is 5.47. The van der Waals surface area contributed by atoms with Crippen molar-refractivity contribution in [2.24, 2.45) is 0 Å². The number of aromatic nitrogens is 2. The molecule has 4 aromatic rings. The average Bonchev–Trinajstić information content (AvgIpc) is 3.06. The molecule has 0 bridgehead atoms. The molecule has 0 unspecified atom stereocenters. The maximum atomic E-state index is 5.07. The summed E-state index contributed by atoms with van der Waals surface area (Å²) in [4.78, 5) is 5.07. The van der Waals surface area contributed by atoms with Crippen molar-refractivity contribution in [2.75, 3.05) is 0 Å². The van der Waals surface area contributed by atoms with E-state index in [0.717, 1.165) is 22.4 Å². The van der Waals surface area contributed by atoms with Gasteiger partial charge in [-0.2, -0.15) is 0 Å². The monoisotopic (exact) mass is 378 g/mol. The molecule has 2 nitrogen and oxygen atoms in total. The summed E-state index contributed by atoms with van der Waals surface area (Å²) in [6.45, 7) is 9.17. The fraction of sp³-hybridized carbons (Fsp3) is 0.240. The summed E-state index contributed by atoms with van der Waals surface area (Å²) < 4.78 is 2.38. The highest BCUT2D eigenvalue weighted by molar-refractivity contribution is 6.17.